The van der Waals surface area contributed by atoms with E-state index in [-0.39, 0.29) is 31.0 Å². The van der Waals surface area contributed by atoms with Gasteiger partial charge in [0.2, 0.25) is 10.0 Å². The van der Waals surface area contributed by atoms with E-state index in [4.69, 9.17) is 9.47 Å². The number of piperidine rings is 1. The van der Waals surface area contributed by atoms with Gasteiger partial charge in [0.05, 0.1) is 12.6 Å². The van der Waals surface area contributed by atoms with E-state index in [0.717, 1.165) is 44.6 Å². The van der Waals surface area contributed by atoms with Crippen molar-refractivity contribution in [1.82, 2.24) is 9.62 Å². The van der Waals surface area contributed by atoms with Gasteiger partial charge in [0.1, 0.15) is 16.7 Å². The van der Waals surface area contributed by atoms with Crippen LogP contribution in [-0.4, -0.2) is 75.3 Å². The Bertz CT molecular complexity index is 1230. The van der Waals surface area contributed by atoms with E-state index in [9.17, 15) is 17.9 Å². The van der Waals surface area contributed by atoms with Gasteiger partial charge < -0.3 is 19.5 Å². The highest BCUT2D eigenvalue weighted by Gasteiger charge is 2.47. The number of aliphatic imine (C=N–C) groups is 1. The maximum Gasteiger partial charge on any atom is 0.299 e. The van der Waals surface area contributed by atoms with Crippen LogP contribution < -0.4 is 4.72 Å². The zero-order valence-corrected chi connectivity index (χ0v) is 23.8. The predicted molar refractivity (Wildman–Crippen MR) is 150 cm³/mol. The van der Waals surface area contributed by atoms with E-state index < -0.39 is 32.7 Å². The van der Waals surface area contributed by atoms with Crippen molar-refractivity contribution in [2.75, 3.05) is 40.0 Å². The van der Waals surface area contributed by atoms with Crippen molar-refractivity contribution in [3.8, 4) is 0 Å². The van der Waals surface area contributed by atoms with Crippen molar-refractivity contribution in [2.45, 2.75) is 62.3 Å². The Morgan fingerprint density at radius 2 is 1.87 bits per heavy atom. The van der Waals surface area contributed by atoms with Crippen LogP contribution in [0.4, 0.5) is 4.39 Å². The molecule has 0 aromatic heterocycles. The van der Waals surface area contributed by atoms with E-state index in [0.29, 0.717) is 5.92 Å². The van der Waals surface area contributed by atoms with E-state index in [2.05, 4.69) is 26.7 Å². The quantitative estimate of drug-likeness (QED) is 0.458. The number of amidine groups is 1. The van der Waals surface area contributed by atoms with E-state index >= 15 is 0 Å². The topological polar surface area (TPSA) is 100 Å². The van der Waals surface area contributed by atoms with Gasteiger partial charge in [-0.15, -0.1) is 0 Å². The largest absolute Gasteiger partial charge is 0.457 e. The van der Waals surface area contributed by atoms with E-state index in [1.54, 1.807) is 39.2 Å². The number of aliphatic hydroxyl groups excluding tert-OH is 1. The molecule has 0 radical (unpaired) electrons. The van der Waals surface area contributed by atoms with Crippen molar-refractivity contribution in [1.29, 1.82) is 0 Å². The Balaban J connectivity index is 1.44. The summed E-state index contributed by atoms with van der Waals surface area (Å²) in [5.74, 6) is 0.0222. The number of halogens is 1. The molecule has 2 fully saturated rings. The molecule has 2 atom stereocenters. The van der Waals surface area contributed by atoms with Crippen LogP contribution in [0.15, 0.2) is 53.5 Å². The lowest BCUT2D eigenvalue weighted by atomic mass is 9.88. The average molecular weight is 562 g/mol. The fourth-order valence-electron chi connectivity index (χ4n) is 5.46. The number of methoxy groups -OCH3 is 1. The minimum Gasteiger partial charge on any atom is -0.457 e. The van der Waals surface area contributed by atoms with Gasteiger partial charge in [0.15, 0.2) is 0 Å². The molecule has 0 bridgehead atoms. The Morgan fingerprint density at radius 3 is 2.49 bits per heavy atom. The summed E-state index contributed by atoms with van der Waals surface area (Å²) in [5, 5.41) is 8.64. The van der Waals surface area contributed by atoms with Crippen molar-refractivity contribution in [3.05, 3.63) is 71.0 Å². The van der Waals surface area contributed by atoms with Gasteiger partial charge >= 0.3 is 0 Å². The van der Waals surface area contributed by atoms with Gasteiger partial charge in [0.25, 0.3) is 6.02 Å². The van der Waals surface area contributed by atoms with Gasteiger partial charge in [-0.05, 0) is 75.7 Å². The third kappa shape index (κ3) is 7.36. The third-order valence-electron chi connectivity index (χ3n) is 7.75. The second kappa shape index (κ2) is 12.8. The zero-order chi connectivity index (χ0) is 28.0. The molecule has 214 valence electrons. The summed E-state index contributed by atoms with van der Waals surface area (Å²) in [6, 6.07) is 13.4. The first kappa shape index (κ1) is 29.5. The van der Waals surface area contributed by atoms with Gasteiger partial charge in [-0.1, -0.05) is 42.5 Å². The molecule has 10 heteroatoms. The lowest BCUT2D eigenvalue weighted by molar-refractivity contribution is 0.0759. The fourth-order valence-corrected chi connectivity index (χ4v) is 7.15. The summed E-state index contributed by atoms with van der Waals surface area (Å²) in [6.07, 6.45) is 2.59. The first-order valence-corrected chi connectivity index (χ1v) is 15.1. The van der Waals surface area contributed by atoms with Crippen LogP contribution in [0.2, 0.25) is 0 Å². The first-order chi connectivity index (χ1) is 18.6. The molecule has 2 saturated heterocycles. The molecule has 4 rings (SSSR count). The normalized spacial score (nSPS) is 23.2. The highest BCUT2D eigenvalue weighted by atomic mass is 32.2. The van der Waals surface area contributed by atoms with E-state index in [1.165, 1.54) is 11.6 Å². The molecule has 2 heterocycles. The van der Waals surface area contributed by atoms with Gasteiger partial charge in [-0.3, -0.25) is 0 Å². The Labute approximate surface area is 231 Å². The number of rotatable bonds is 10. The second-order valence-electron chi connectivity index (χ2n) is 10.9. The SMILES string of the molecule is COCCN1CCC(c2ccc(CC3C(C)(C)OC(=N[C@@H](CCO)c4ccccc4F)NS3(=O)=O)cc2)CC1. The molecule has 0 saturated carbocycles. The average Bonchev–Trinajstić information content (AvgIpc) is 2.90. The first-order valence-electron chi connectivity index (χ1n) is 13.6. The molecule has 2 aliphatic rings. The molecule has 2 aromatic carbocycles. The van der Waals surface area contributed by atoms with Crippen molar-refractivity contribution < 1.29 is 27.4 Å². The number of hydrogen-bond acceptors (Lipinski definition) is 7. The molecule has 2 N–H and O–H groups in total. The van der Waals surface area contributed by atoms with Crippen LogP contribution in [0.1, 0.15) is 61.8 Å². The Hall–Kier alpha value is -2.53. The zero-order valence-electron chi connectivity index (χ0n) is 23.0. The number of likely N-dealkylation sites (tertiary alicyclic amines) is 1. The summed E-state index contributed by atoms with van der Waals surface area (Å²) in [6.45, 7) is 7.02. The Kier molecular flexibility index (Phi) is 9.64. The molecule has 1 unspecified atom stereocenters. The summed E-state index contributed by atoms with van der Waals surface area (Å²) in [4.78, 5) is 6.80. The minimum atomic E-state index is -3.85. The second-order valence-corrected chi connectivity index (χ2v) is 12.7. The molecule has 39 heavy (non-hydrogen) atoms. The highest BCUT2D eigenvalue weighted by Crippen LogP contribution is 2.32. The molecule has 8 nitrogen and oxygen atoms in total. The van der Waals surface area contributed by atoms with E-state index in [1.807, 2.05) is 12.1 Å². The van der Waals surface area contributed by atoms with Crippen LogP contribution in [0, 0.1) is 5.82 Å². The fraction of sp³-hybridized carbons (Fsp3) is 0.552. The summed E-state index contributed by atoms with van der Waals surface area (Å²) < 4.78 is 54.8. The number of hydrogen-bond donors (Lipinski definition) is 2. The number of aliphatic hydroxyl groups is 1. The number of nitrogens with zero attached hydrogens (tertiary/aromatic N) is 2. The van der Waals surface area contributed by atoms with Crippen molar-refractivity contribution >= 4 is 16.0 Å². The van der Waals surface area contributed by atoms with Gasteiger partial charge in [-0.2, -0.15) is 0 Å². The molecule has 0 amide bonds. The molecular formula is C29H40FN3O5S. The molecule has 0 spiro atoms. The van der Waals surface area contributed by atoms with Crippen LogP contribution >= 0.6 is 0 Å². The number of ether oxygens (including phenoxy) is 2. The maximum atomic E-state index is 14.4. The monoisotopic (exact) mass is 561 g/mol. The summed E-state index contributed by atoms with van der Waals surface area (Å²) in [7, 11) is -2.13. The smallest absolute Gasteiger partial charge is 0.299 e. The molecule has 2 aliphatic heterocycles. The molecule has 2 aromatic rings. The number of sulfonamides is 1. The lowest BCUT2D eigenvalue weighted by Crippen LogP contribution is -2.59. The van der Waals surface area contributed by atoms with Crippen LogP contribution in [0.25, 0.3) is 0 Å². The van der Waals surface area contributed by atoms with Crippen LogP contribution in [0.5, 0.6) is 0 Å². The summed E-state index contributed by atoms with van der Waals surface area (Å²) in [5.41, 5.74) is 1.37. The Morgan fingerprint density at radius 1 is 1.18 bits per heavy atom. The molecule has 0 aliphatic carbocycles. The van der Waals surface area contributed by atoms with Gasteiger partial charge in [0, 0.05) is 25.8 Å². The molecular weight excluding hydrogens is 521 g/mol. The van der Waals surface area contributed by atoms with Crippen molar-refractivity contribution in [3.63, 3.8) is 0 Å². The van der Waals surface area contributed by atoms with Crippen LogP contribution in [0.3, 0.4) is 0 Å². The minimum absolute atomic E-state index is 0.123. The third-order valence-corrected chi connectivity index (χ3v) is 9.69. The lowest BCUT2D eigenvalue weighted by Gasteiger charge is -2.39. The number of nitrogens with one attached hydrogen (secondary N) is 1. The summed E-state index contributed by atoms with van der Waals surface area (Å²) >= 11 is 0. The predicted octanol–water partition coefficient (Wildman–Crippen LogP) is 3.77. The maximum absolute atomic E-state index is 14.4. The number of benzene rings is 2. The van der Waals surface area contributed by atoms with Crippen LogP contribution in [-0.2, 0) is 25.9 Å². The standard InChI is InChI=1S/C29H40FN3O5S/c1-29(2)27(20-21-8-10-22(11-9-21)23-12-15-33(16-13-23)17-19-37-3)39(35,36)32-28(38-29)31-26(14-18-34)24-6-4-5-7-25(24)30/h4-11,23,26-27,34H,12-20H2,1-3H3,(H,31,32)/t26-,27?/m0/s1. The van der Waals surface area contributed by atoms with Crippen molar-refractivity contribution in [2.24, 2.45) is 4.99 Å². The highest BCUT2D eigenvalue weighted by molar-refractivity contribution is 7.90. The van der Waals surface area contributed by atoms with Gasteiger partial charge in [-0.25, -0.2) is 22.5 Å².